The normalized spacial score (nSPS) is 13.1. The Bertz CT molecular complexity index is 888. The topological polar surface area (TPSA) is 52.6 Å². The van der Waals surface area contributed by atoms with Crippen LogP contribution in [0.25, 0.3) is 10.8 Å². The number of anilines is 1. The standard InChI is InChI=1S/C23H26N2O2/c1-17(26)15-25(20-11-4-3-5-12-20)16-23(27)24-18(2)21-14-8-10-19-9-6-7-13-22(19)21/h3-14,17-18,26H,15-16H2,1-2H3,(H,24,27). The number of carbonyl (C=O) groups excluding carboxylic acids is 1. The van der Waals surface area contributed by atoms with Crippen LogP contribution in [0.15, 0.2) is 72.8 Å². The first-order valence-electron chi connectivity index (χ1n) is 9.29. The van der Waals surface area contributed by atoms with Gasteiger partial charge in [-0.25, -0.2) is 0 Å². The van der Waals surface area contributed by atoms with Crippen LogP contribution in [0.1, 0.15) is 25.5 Å². The zero-order valence-electron chi connectivity index (χ0n) is 15.8. The molecule has 0 heterocycles. The number of para-hydroxylation sites is 1. The van der Waals surface area contributed by atoms with Crippen molar-refractivity contribution >= 4 is 22.4 Å². The summed E-state index contributed by atoms with van der Waals surface area (Å²) in [4.78, 5) is 14.6. The fourth-order valence-corrected chi connectivity index (χ4v) is 3.39. The molecule has 0 bridgehead atoms. The van der Waals surface area contributed by atoms with E-state index in [-0.39, 0.29) is 18.5 Å². The average molecular weight is 362 g/mol. The number of aliphatic hydroxyl groups excluding tert-OH is 1. The number of amides is 1. The van der Waals surface area contributed by atoms with Gasteiger partial charge in [-0.15, -0.1) is 0 Å². The lowest BCUT2D eigenvalue weighted by Crippen LogP contribution is -2.41. The Morgan fingerprint density at radius 3 is 2.37 bits per heavy atom. The summed E-state index contributed by atoms with van der Waals surface area (Å²) < 4.78 is 0. The molecular formula is C23H26N2O2. The van der Waals surface area contributed by atoms with E-state index in [0.29, 0.717) is 6.54 Å². The van der Waals surface area contributed by atoms with Crippen molar-refractivity contribution in [2.24, 2.45) is 0 Å². The first-order chi connectivity index (χ1) is 13.0. The Hall–Kier alpha value is -2.85. The van der Waals surface area contributed by atoms with Gasteiger partial charge < -0.3 is 15.3 Å². The third kappa shape index (κ3) is 4.86. The molecule has 4 heteroatoms. The van der Waals surface area contributed by atoms with Crippen LogP contribution < -0.4 is 10.2 Å². The van der Waals surface area contributed by atoms with Crippen molar-refractivity contribution in [3.8, 4) is 0 Å². The first-order valence-corrected chi connectivity index (χ1v) is 9.29. The molecule has 0 aliphatic rings. The number of benzene rings is 3. The van der Waals surface area contributed by atoms with Crippen molar-refractivity contribution in [3.05, 3.63) is 78.4 Å². The Balaban J connectivity index is 1.73. The van der Waals surface area contributed by atoms with E-state index >= 15 is 0 Å². The van der Waals surface area contributed by atoms with Crippen molar-refractivity contribution in [1.82, 2.24) is 5.32 Å². The third-order valence-electron chi connectivity index (χ3n) is 4.61. The van der Waals surface area contributed by atoms with E-state index in [9.17, 15) is 9.90 Å². The second-order valence-electron chi connectivity index (χ2n) is 6.92. The van der Waals surface area contributed by atoms with Crippen molar-refractivity contribution in [3.63, 3.8) is 0 Å². The van der Waals surface area contributed by atoms with Crippen LogP contribution >= 0.6 is 0 Å². The van der Waals surface area contributed by atoms with E-state index in [1.165, 1.54) is 0 Å². The molecule has 3 rings (SSSR count). The maximum absolute atomic E-state index is 12.7. The zero-order chi connectivity index (χ0) is 19.2. The highest BCUT2D eigenvalue weighted by Crippen LogP contribution is 2.24. The lowest BCUT2D eigenvalue weighted by atomic mass is 10.00. The molecule has 2 unspecified atom stereocenters. The molecule has 4 nitrogen and oxygen atoms in total. The van der Waals surface area contributed by atoms with Crippen LogP contribution in [-0.2, 0) is 4.79 Å². The van der Waals surface area contributed by atoms with Gasteiger partial charge in [0.2, 0.25) is 5.91 Å². The maximum Gasteiger partial charge on any atom is 0.239 e. The van der Waals surface area contributed by atoms with E-state index in [1.54, 1.807) is 6.92 Å². The molecule has 0 saturated heterocycles. The molecule has 2 atom stereocenters. The van der Waals surface area contributed by atoms with E-state index in [2.05, 4.69) is 29.6 Å². The number of carbonyl (C=O) groups is 1. The molecule has 0 saturated carbocycles. The van der Waals surface area contributed by atoms with Crippen LogP contribution in [0, 0.1) is 0 Å². The highest BCUT2D eigenvalue weighted by Gasteiger charge is 2.17. The van der Waals surface area contributed by atoms with Crippen LogP contribution in [0.2, 0.25) is 0 Å². The Morgan fingerprint density at radius 1 is 0.963 bits per heavy atom. The van der Waals surface area contributed by atoms with Gasteiger partial charge in [-0.05, 0) is 42.3 Å². The van der Waals surface area contributed by atoms with Gasteiger partial charge in [0.1, 0.15) is 0 Å². The number of hydrogen-bond donors (Lipinski definition) is 2. The van der Waals surface area contributed by atoms with Crippen LogP contribution in [-0.4, -0.2) is 30.2 Å². The number of nitrogens with one attached hydrogen (secondary N) is 1. The quantitative estimate of drug-likeness (QED) is 0.670. The molecule has 3 aromatic rings. The summed E-state index contributed by atoms with van der Waals surface area (Å²) in [6.07, 6.45) is -0.520. The van der Waals surface area contributed by atoms with Gasteiger partial charge >= 0.3 is 0 Å². The van der Waals surface area contributed by atoms with Crippen LogP contribution in [0.5, 0.6) is 0 Å². The predicted molar refractivity (Wildman–Crippen MR) is 111 cm³/mol. The number of aliphatic hydroxyl groups is 1. The van der Waals surface area contributed by atoms with Gasteiger partial charge in [0.15, 0.2) is 0 Å². The average Bonchev–Trinajstić information content (AvgIpc) is 2.67. The lowest BCUT2D eigenvalue weighted by Gasteiger charge is -2.26. The summed E-state index contributed by atoms with van der Waals surface area (Å²) in [5.74, 6) is -0.0695. The van der Waals surface area contributed by atoms with Crippen molar-refractivity contribution < 1.29 is 9.90 Å². The van der Waals surface area contributed by atoms with Crippen molar-refractivity contribution in [1.29, 1.82) is 0 Å². The summed E-state index contributed by atoms with van der Waals surface area (Å²) in [5.41, 5.74) is 2.02. The molecule has 3 aromatic carbocycles. The first kappa shape index (κ1) is 18.9. The molecule has 0 fully saturated rings. The second kappa shape index (κ2) is 8.69. The second-order valence-corrected chi connectivity index (χ2v) is 6.92. The van der Waals surface area contributed by atoms with Crippen LogP contribution in [0.3, 0.4) is 0 Å². The van der Waals surface area contributed by atoms with E-state index in [0.717, 1.165) is 22.0 Å². The van der Waals surface area contributed by atoms with Gasteiger partial charge in [-0.2, -0.15) is 0 Å². The van der Waals surface area contributed by atoms with Gasteiger partial charge in [0, 0.05) is 12.2 Å². The fraction of sp³-hybridized carbons (Fsp3) is 0.261. The summed E-state index contributed by atoms with van der Waals surface area (Å²) in [5, 5.41) is 15.2. The zero-order valence-corrected chi connectivity index (χ0v) is 15.8. The lowest BCUT2D eigenvalue weighted by molar-refractivity contribution is -0.120. The van der Waals surface area contributed by atoms with Crippen LogP contribution in [0.4, 0.5) is 5.69 Å². The number of hydrogen-bond acceptors (Lipinski definition) is 3. The monoisotopic (exact) mass is 362 g/mol. The highest BCUT2D eigenvalue weighted by molar-refractivity contribution is 5.87. The highest BCUT2D eigenvalue weighted by atomic mass is 16.3. The summed E-state index contributed by atoms with van der Waals surface area (Å²) >= 11 is 0. The minimum absolute atomic E-state index is 0.0695. The number of fused-ring (bicyclic) bond motifs is 1. The Kier molecular flexibility index (Phi) is 6.09. The molecule has 0 radical (unpaired) electrons. The minimum Gasteiger partial charge on any atom is -0.392 e. The van der Waals surface area contributed by atoms with Gasteiger partial charge in [0.05, 0.1) is 18.7 Å². The number of nitrogens with zero attached hydrogens (tertiary/aromatic N) is 1. The molecular weight excluding hydrogens is 336 g/mol. The van der Waals surface area contributed by atoms with E-state index in [4.69, 9.17) is 0 Å². The van der Waals surface area contributed by atoms with Crippen molar-refractivity contribution in [2.45, 2.75) is 26.0 Å². The van der Waals surface area contributed by atoms with Gasteiger partial charge in [-0.3, -0.25) is 4.79 Å². The van der Waals surface area contributed by atoms with Gasteiger partial charge in [0.25, 0.3) is 0 Å². The molecule has 0 aliphatic heterocycles. The van der Waals surface area contributed by atoms with Gasteiger partial charge in [-0.1, -0.05) is 60.7 Å². The molecule has 27 heavy (non-hydrogen) atoms. The molecule has 2 N–H and O–H groups in total. The Morgan fingerprint density at radius 2 is 1.63 bits per heavy atom. The molecule has 0 spiro atoms. The minimum atomic E-state index is -0.520. The predicted octanol–water partition coefficient (Wildman–Crippen LogP) is 3.90. The molecule has 0 aliphatic carbocycles. The molecule has 1 amide bonds. The third-order valence-corrected chi connectivity index (χ3v) is 4.61. The van der Waals surface area contributed by atoms with E-state index < -0.39 is 6.10 Å². The number of rotatable bonds is 7. The summed E-state index contributed by atoms with van der Waals surface area (Å²) in [7, 11) is 0. The van der Waals surface area contributed by atoms with Crippen molar-refractivity contribution in [2.75, 3.05) is 18.0 Å². The smallest absolute Gasteiger partial charge is 0.239 e. The molecule has 0 aromatic heterocycles. The maximum atomic E-state index is 12.7. The van der Waals surface area contributed by atoms with E-state index in [1.807, 2.05) is 60.4 Å². The SMILES string of the molecule is CC(O)CN(CC(=O)NC(C)c1cccc2ccccc12)c1ccccc1. The summed E-state index contributed by atoms with van der Waals surface area (Å²) in [6.45, 7) is 4.33. The largest absolute Gasteiger partial charge is 0.392 e. The Labute approximate surface area is 160 Å². The molecule has 140 valence electrons. The fourth-order valence-electron chi connectivity index (χ4n) is 3.39. The summed E-state index contributed by atoms with van der Waals surface area (Å²) in [6, 6.07) is 23.9.